The maximum Gasteiger partial charge on any atom is 0.287 e. The monoisotopic (exact) mass is 416 g/mol. The normalized spacial score (nSPS) is 20.3. The number of hydrogen-bond donors (Lipinski definition) is 1. The Bertz CT molecular complexity index is 977. The highest BCUT2D eigenvalue weighted by atomic mass is 32.2. The Balaban J connectivity index is 1.59. The second kappa shape index (κ2) is 8.42. The summed E-state index contributed by atoms with van der Waals surface area (Å²) in [6, 6.07) is 12.2. The second-order valence-electron chi connectivity index (χ2n) is 7.18. The molecule has 1 aromatic carbocycles. The fourth-order valence-corrected chi connectivity index (χ4v) is 5.28. The smallest absolute Gasteiger partial charge is 0.287 e. The van der Waals surface area contributed by atoms with Gasteiger partial charge in [0.15, 0.2) is 9.84 Å². The number of sulfone groups is 1. The highest BCUT2D eigenvalue weighted by molar-refractivity contribution is 8.00. The number of amides is 1. The van der Waals surface area contributed by atoms with E-state index in [9.17, 15) is 13.2 Å². The zero-order valence-corrected chi connectivity index (χ0v) is 16.9. The molecule has 0 spiro atoms. The van der Waals surface area contributed by atoms with E-state index in [-0.39, 0.29) is 29.1 Å². The summed E-state index contributed by atoms with van der Waals surface area (Å²) in [5.74, 6) is -0.0248. The van der Waals surface area contributed by atoms with Gasteiger partial charge in [0.1, 0.15) is 17.3 Å². The van der Waals surface area contributed by atoms with Crippen LogP contribution in [0.15, 0.2) is 58.9 Å². The molecule has 2 aromatic rings. The van der Waals surface area contributed by atoms with Crippen LogP contribution in [0.5, 0.6) is 0 Å². The predicted octanol–water partition coefficient (Wildman–Crippen LogP) is 2.35. The lowest BCUT2D eigenvalue weighted by Crippen LogP contribution is -2.39. The molecule has 154 valence electrons. The molecule has 2 aliphatic rings. The quantitative estimate of drug-likeness (QED) is 0.778. The van der Waals surface area contributed by atoms with Crippen molar-refractivity contribution >= 4 is 20.6 Å². The van der Waals surface area contributed by atoms with E-state index in [1.807, 2.05) is 12.1 Å². The number of ether oxygens (including phenoxy) is 1. The predicted molar refractivity (Wildman–Crippen MR) is 108 cm³/mol. The van der Waals surface area contributed by atoms with Crippen LogP contribution in [-0.4, -0.2) is 51.2 Å². The Labute approximate surface area is 170 Å². The van der Waals surface area contributed by atoms with Gasteiger partial charge in [-0.3, -0.25) is 9.69 Å². The third-order valence-electron chi connectivity index (χ3n) is 5.27. The molecule has 1 unspecified atom stereocenters. The summed E-state index contributed by atoms with van der Waals surface area (Å²) in [5, 5.41) is 2.87. The average molecular weight is 416 g/mol. The maximum absolute atomic E-state index is 13.0. The minimum Gasteiger partial charge on any atom is -0.486 e. The minimum absolute atomic E-state index is 0.0326. The molecule has 3 heterocycles. The average Bonchev–Trinajstić information content (AvgIpc) is 3.42. The van der Waals surface area contributed by atoms with Crippen LogP contribution in [0.3, 0.4) is 0 Å². The van der Waals surface area contributed by atoms with Crippen molar-refractivity contribution in [1.82, 2.24) is 10.2 Å². The molecule has 0 aliphatic carbocycles. The Kier molecular flexibility index (Phi) is 5.73. The minimum atomic E-state index is -3.60. The first-order valence-corrected chi connectivity index (χ1v) is 11.4. The van der Waals surface area contributed by atoms with E-state index >= 15 is 0 Å². The Morgan fingerprint density at radius 2 is 1.86 bits per heavy atom. The van der Waals surface area contributed by atoms with Gasteiger partial charge < -0.3 is 14.5 Å². The van der Waals surface area contributed by atoms with Crippen molar-refractivity contribution in [3.63, 3.8) is 0 Å². The molecule has 2 aliphatic heterocycles. The van der Waals surface area contributed by atoms with Crippen molar-refractivity contribution in [2.45, 2.75) is 18.9 Å². The first kappa shape index (κ1) is 19.7. The number of carbonyl (C=O) groups is 1. The van der Waals surface area contributed by atoms with Gasteiger partial charge >= 0.3 is 0 Å². The molecule has 0 radical (unpaired) electrons. The van der Waals surface area contributed by atoms with Crippen LogP contribution in [0.25, 0.3) is 4.91 Å². The summed E-state index contributed by atoms with van der Waals surface area (Å²) in [5.41, 5.74) is 0.458. The zero-order chi connectivity index (χ0) is 20.3. The molecular weight excluding hydrogens is 392 g/mol. The van der Waals surface area contributed by atoms with Gasteiger partial charge in [-0.15, -0.1) is 0 Å². The molecule has 0 saturated carbocycles. The molecule has 4 rings (SSSR count). The molecule has 1 amide bonds. The van der Waals surface area contributed by atoms with Crippen LogP contribution in [0.2, 0.25) is 0 Å². The Hall–Kier alpha value is -2.58. The van der Waals surface area contributed by atoms with E-state index in [0.29, 0.717) is 12.1 Å². The molecule has 1 saturated heterocycles. The Morgan fingerprint density at radius 3 is 2.55 bits per heavy atom. The highest BCUT2D eigenvalue weighted by Gasteiger charge is 2.34. The third-order valence-corrected chi connectivity index (χ3v) is 7.01. The SMILES string of the molecule is O=C(NCC(c1ccco1)N1CCCC1)C1=C(c2ccccc2)S(=O)(=O)CCO1. The van der Waals surface area contributed by atoms with Gasteiger partial charge in [-0.2, -0.15) is 0 Å². The first-order chi connectivity index (χ1) is 14.1. The van der Waals surface area contributed by atoms with Gasteiger partial charge in [0.05, 0.1) is 18.1 Å². The number of likely N-dealkylation sites (tertiary alicyclic amines) is 1. The van der Waals surface area contributed by atoms with Gasteiger partial charge in [0.25, 0.3) is 5.91 Å². The van der Waals surface area contributed by atoms with E-state index in [0.717, 1.165) is 31.7 Å². The molecule has 1 atom stereocenters. The van der Waals surface area contributed by atoms with Crippen molar-refractivity contribution in [1.29, 1.82) is 0 Å². The number of benzene rings is 1. The van der Waals surface area contributed by atoms with Gasteiger partial charge in [0.2, 0.25) is 5.76 Å². The molecule has 1 N–H and O–H groups in total. The van der Waals surface area contributed by atoms with E-state index in [1.165, 1.54) is 0 Å². The van der Waals surface area contributed by atoms with Crippen LogP contribution in [-0.2, 0) is 19.4 Å². The third kappa shape index (κ3) is 4.23. The maximum atomic E-state index is 13.0. The lowest BCUT2D eigenvalue weighted by Gasteiger charge is -2.27. The lowest BCUT2D eigenvalue weighted by molar-refractivity contribution is -0.121. The fraction of sp³-hybridized carbons (Fsp3) is 0.381. The van der Waals surface area contributed by atoms with E-state index in [4.69, 9.17) is 9.15 Å². The van der Waals surface area contributed by atoms with Crippen LogP contribution >= 0.6 is 0 Å². The van der Waals surface area contributed by atoms with Crippen molar-refractivity contribution in [3.8, 4) is 0 Å². The molecule has 7 nitrogen and oxygen atoms in total. The molecular formula is C21H24N2O5S. The van der Waals surface area contributed by atoms with Crippen molar-refractivity contribution in [3.05, 3.63) is 65.8 Å². The number of furan rings is 1. The van der Waals surface area contributed by atoms with Crippen LogP contribution < -0.4 is 5.32 Å². The molecule has 8 heteroatoms. The second-order valence-corrected chi connectivity index (χ2v) is 9.22. The van der Waals surface area contributed by atoms with Crippen LogP contribution in [0.4, 0.5) is 0 Å². The van der Waals surface area contributed by atoms with Gasteiger partial charge in [-0.25, -0.2) is 8.42 Å². The first-order valence-electron chi connectivity index (χ1n) is 9.77. The number of rotatable bonds is 6. The summed E-state index contributed by atoms with van der Waals surface area (Å²) < 4.78 is 36.5. The van der Waals surface area contributed by atoms with Gasteiger partial charge in [-0.05, 0) is 43.6 Å². The van der Waals surface area contributed by atoms with Crippen molar-refractivity contribution in [2.75, 3.05) is 32.0 Å². The molecule has 29 heavy (non-hydrogen) atoms. The summed E-state index contributed by atoms with van der Waals surface area (Å²) in [4.78, 5) is 15.2. The summed E-state index contributed by atoms with van der Waals surface area (Å²) in [7, 11) is -3.60. The van der Waals surface area contributed by atoms with Crippen molar-refractivity contribution < 1.29 is 22.4 Å². The number of hydrogen-bond acceptors (Lipinski definition) is 6. The van der Waals surface area contributed by atoms with Crippen LogP contribution in [0.1, 0.15) is 30.2 Å². The molecule has 1 fully saturated rings. The van der Waals surface area contributed by atoms with E-state index < -0.39 is 15.7 Å². The van der Waals surface area contributed by atoms with E-state index in [2.05, 4.69) is 10.2 Å². The zero-order valence-electron chi connectivity index (χ0n) is 16.0. The summed E-state index contributed by atoms with van der Waals surface area (Å²) in [6.45, 7) is 2.14. The molecule has 1 aromatic heterocycles. The standard InChI is InChI=1S/C21H24N2O5S/c24-21(22-15-17(18-9-6-12-27-18)23-10-4-5-11-23)19-20(16-7-2-1-3-8-16)29(25,26)14-13-28-19/h1-3,6-9,12,17H,4-5,10-11,13-15H2,(H,22,24). The largest absolute Gasteiger partial charge is 0.486 e. The Morgan fingerprint density at radius 1 is 1.10 bits per heavy atom. The van der Waals surface area contributed by atoms with Gasteiger partial charge in [-0.1, -0.05) is 30.3 Å². The fourth-order valence-electron chi connectivity index (χ4n) is 3.84. The summed E-state index contributed by atoms with van der Waals surface area (Å²) >= 11 is 0. The van der Waals surface area contributed by atoms with Gasteiger partial charge in [0, 0.05) is 6.54 Å². The highest BCUT2D eigenvalue weighted by Crippen LogP contribution is 2.30. The molecule has 0 bridgehead atoms. The van der Waals surface area contributed by atoms with Crippen molar-refractivity contribution in [2.24, 2.45) is 0 Å². The van der Waals surface area contributed by atoms with Crippen LogP contribution in [0, 0.1) is 0 Å². The number of nitrogens with one attached hydrogen (secondary N) is 1. The number of nitrogens with zero attached hydrogens (tertiary/aromatic N) is 1. The summed E-state index contributed by atoms with van der Waals surface area (Å²) in [6.07, 6.45) is 3.83. The van der Waals surface area contributed by atoms with E-state index in [1.54, 1.807) is 36.6 Å². The topological polar surface area (TPSA) is 88.9 Å². The lowest BCUT2D eigenvalue weighted by atomic mass is 10.1. The number of carbonyl (C=O) groups excluding carboxylic acids is 1.